The van der Waals surface area contributed by atoms with Crippen molar-refractivity contribution in [1.29, 1.82) is 0 Å². The fraction of sp³-hybridized carbons (Fsp3) is 1.00. The lowest BCUT2D eigenvalue weighted by molar-refractivity contribution is 0.231. The van der Waals surface area contributed by atoms with Gasteiger partial charge >= 0.3 is 43.0 Å². The summed E-state index contributed by atoms with van der Waals surface area (Å²) in [6.45, 7) is 86.6. The summed E-state index contributed by atoms with van der Waals surface area (Å²) in [5.41, 5.74) is 0.638. The Morgan fingerprint density at radius 3 is 0.809 bits per heavy atom. The maximum absolute atomic E-state index is 6.59. The van der Waals surface area contributed by atoms with Gasteiger partial charge in [-0.15, -0.1) is 0 Å². The zero-order valence-corrected chi connectivity index (χ0v) is 66.5. The molecule has 0 saturated carbocycles. The normalized spacial score (nSPS) is 18.7. The van der Waals surface area contributed by atoms with Gasteiger partial charge in [0.05, 0.1) is 0 Å². The largest absolute Gasteiger partial charge is 0.469 e. The van der Waals surface area contributed by atoms with Crippen LogP contribution in [0.4, 0.5) is 0 Å². The van der Waals surface area contributed by atoms with Crippen LogP contribution in [0, 0.1) is 23.2 Å². The molecule has 0 N–H and O–H groups in total. The fourth-order valence-corrected chi connectivity index (χ4v) is 62.3. The van der Waals surface area contributed by atoms with Crippen molar-refractivity contribution >= 4 is 108 Å². The molecular weight excluding hydrogens is 1050 g/mol. The minimum atomic E-state index is -2.58. The first kappa shape index (κ1) is 74.8. The lowest BCUT2D eigenvalue weighted by Crippen LogP contribution is -2.65. The van der Waals surface area contributed by atoms with Gasteiger partial charge in [-0.3, -0.25) is 0 Å². The minimum Gasteiger partial charge on any atom is -0.417 e. The highest BCUT2D eigenvalue weighted by atomic mass is 28.5. The van der Waals surface area contributed by atoms with Gasteiger partial charge in [-0.05, 0) is 134 Å². The Labute approximate surface area is 443 Å². The van der Waals surface area contributed by atoms with E-state index in [9.17, 15) is 0 Å². The van der Waals surface area contributed by atoms with Crippen LogP contribution in [0.3, 0.4) is 0 Å². The fourth-order valence-electron chi connectivity index (χ4n) is 11.4. The average molecular weight is 1180 g/mol. The summed E-state index contributed by atoms with van der Waals surface area (Å²) in [6, 6.07) is 9.52. The zero-order chi connectivity index (χ0) is 55.6. The van der Waals surface area contributed by atoms with E-state index in [1.54, 1.807) is 0 Å². The number of hydrogen-bond acceptors (Lipinski definition) is 7. The molecule has 1 fully saturated rings. The summed E-state index contributed by atoms with van der Waals surface area (Å²) in [5, 5.41) is 0. The Morgan fingerprint density at radius 2 is 0.618 bits per heavy atom. The highest BCUT2D eigenvalue weighted by Gasteiger charge is 2.53. The predicted molar refractivity (Wildman–Crippen MR) is 345 cm³/mol. The summed E-state index contributed by atoms with van der Waals surface area (Å²) in [6.07, 6.45) is 0. The van der Waals surface area contributed by atoms with Crippen molar-refractivity contribution in [3.05, 3.63) is 0 Å². The van der Waals surface area contributed by atoms with Crippen molar-refractivity contribution in [2.75, 3.05) is 0 Å². The van der Waals surface area contributed by atoms with E-state index in [-0.39, 0.29) is 0 Å². The molecule has 1 aliphatic heterocycles. The summed E-state index contributed by atoms with van der Waals surface area (Å²) in [5.74, 6) is 2.07. The maximum Gasteiger partial charge on any atom is 0.469 e. The van der Waals surface area contributed by atoms with Crippen LogP contribution in [0.1, 0.15) is 41.5 Å². The second kappa shape index (κ2) is 27.2. The molecule has 0 amide bonds. The van der Waals surface area contributed by atoms with Gasteiger partial charge in [0, 0.05) is 46.4 Å². The lowest BCUT2D eigenvalue weighted by atomic mass is 9.99. The third-order valence-corrected chi connectivity index (χ3v) is 48.3. The van der Waals surface area contributed by atoms with Crippen LogP contribution in [0.5, 0.6) is 0 Å². The third kappa shape index (κ3) is 45.9. The van der Waals surface area contributed by atoms with Crippen LogP contribution in [-0.2, 0) is 28.8 Å². The van der Waals surface area contributed by atoms with E-state index in [1.165, 1.54) is 30.2 Å². The number of rotatable bonds is 20. The Kier molecular flexibility index (Phi) is 29.9. The molecular formula is C48H128O7Si13. The molecule has 414 valence electrons. The summed E-state index contributed by atoms with van der Waals surface area (Å²) in [7, 11) is -20.9. The van der Waals surface area contributed by atoms with E-state index >= 15 is 0 Å². The number of hydrogen-bond donors (Lipinski definition) is 0. The van der Waals surface area contributed by atoms with Crippen LogP contribution in [0.15, 0.2) is 0 Å². The molecule has 0 unspecified atom stereocenters. The SMILES string of the molecule is CC(C)C[Si](O[Si](C)(C)C)(O[Si](C)(C)C)O[Si](C)(C)C.CC(C)C[Si]1(C)O[Si](C)(C)O[Si](C)(C)O[Si](C)(C)O1.CC(C[Si](C)(C)C)(C[Si](C)(C)C)C[Si](C)(C)C.CC(C[Si](C)(C)C)C[Si](C)(C)C. The molecule has 68 heavy (non-hydrogen) atoms. The molecule has 1 saturated heterocycles. The second-order valence-corrected chi connectivity index (χ2v) is 91.6. The predicted octanol–water partition coefficient (Wildman–Crippen LogP) is 19.3. The third-order valence-electron chi connectivity index (χ3n) is 9.52. The summed E-state index contributed by atoms with van der Waals surface area (Å²) < 4.78 is 45.3. The van der Waals surface area contributed by atoms with Gasteiger partial charge in [-0.25, -0.2) is 0 Å². The van der Waals surface area contributed by atoms with Crippen LogP contribution in [0.25, 0.3) is 0 Å². The average Bonchev–Trinajstić information content (AvgIpc) is 2.80. The Hall–Kier alpha value is 2.54. The van der Waals surface area contributed by atoms with Gasteiger partial charge in [0.1, 0.15) is 0 Å². The highest BCUT2D eigenvalue weighted by Crippen LogP contribution is 2.44. The topological polar surface area (TPSA) is 64.6 Å². The molecule has 20 heteroatoms. The van der Waals surface area contributed by atoms with Crippen molar-refractivity contribution in [3.8, 4) is 0 Å². The molecule has 0 atom stereocenters. The van der Waals surface area contributed by atoms with Gasteiger partial charge in [0.15, 0.2) is 25.0 Å². The standard InChI is InChI=1S/C14H36Si3.C13H36O3Si4.C11H30O4Si4.C10H26Si2/c1-14(11-15(2,3)4,12-16(5,6)7)13-17(8,9)10;1-13(2)12-20(14-17(3,4)5,15-18(6,7)8)16-19(9,10)11;1-11(2)10-19(9)14-17(5,6)12-16(3,4)13-18(7,8)15-19;1-10(8-11(2,3)4)9-12(5,6)7/h11-13H2,1-10H3;13H,12H2,1-11H3;11H,10H2,1-9H3;10H,8-9H2,1-7H3. The molecule has 1 heterocycles. The molecule has 0 spiro atoms. The zero-order valence-electron chi connectivity index (χ0n) is 53.5. The summed E-state index contributed by atoms with van der Waals surface area (Å²) >= 11 is 0. The molecule has 7 nitrogen and oxygen atoms in total. The van der Waals surface area contributed by atoms with Gasteiger partial charge in [-0.2, -0.15) is 0 Å². The van der Waals surface area contributed by atoms with Gasteiger partial charge in [-0.1, -0.05) is 170 Å². The Morgan fingerprint density at radius 1 is 0.368 bits per heavy atom. The lowest BCUT2D eigenvalue weighted by Gasteiger charge is -2.47. The minimum absolute atomic E-state index is 0.533. The highest BCUT2D eigenvalue weighted by molar-refractivity contribution is 6.93. The Bertz CT molecular complexity index is 1300. The van der Waals surface area contributed by atoms with Crippen molar-refractivity contribution in [2.24, 2.45) is 23.2 Å². The summed E-state index contributed by atoms with van der Waals surface area (Å²) in [4.78, 5) is 0. The van der Waals surface area contributed by atoms with Gasteiger partial charge in [0.25, 0.3) is 0 Å². The van der Waals surface area contributed by atoms with E-state index in [4.69, 9.17) is 28.8 Å². The van der Waals surface area contributed by atoms with E-state index in [2.05, 4.69) is 244 Å². The first-order valence-electron chi connectivity index (χ1n) is 26.9. The molecule has 0 aromatic rings. The van der Waals surface area contributed by atoms with Crippen LogP contribution < -0.4 is 0 Å². The smallest absolute Gasteiger partial charge is 0.417 e. The molecule has 0 aromatic carbocycles. The van der Waals surface area contributed by atoms with Gasteiger partial charge in [0.2, 0.25) is 0 Å². The van der Waals surface area contributed by atoms with Crippen molar-refractivity contribution in [3.63, 3.8) is 0 Å². The van der Waals surface area contributed by atoms with E-state index in [1.807, 2.05) is 0 Å². The molecule has 1 aliphatic rings. The first-order chi connectivity index (χ1) is 29.0. The van der Waals surface area contributed by atoms with Crippen molar-refractivity contribution in [2.45, 2.75) is 287 Å². The quantitative estimate of drug-likeness (QED) is 0.113. The monoisotopic (exact) mass is 1180 g/mol. The molecule has 1 rings (SSSR count). The van der Waals surface area contributed by atoms with Gasteiger partial charge < -0.3 is 28.8 Å². The molecule has 0 aliphatic carbocycles. The second-order valence-electron chi connectivity index (χ2n) is 32.9. The van der Waals surface area contributed by atoms with Crippen molar-refractivity contribution < 1.29 is 28.8 Å². The van der Waals surface area contributed by atoms with Crippen LogP contribution in [-0.4, -0.2) is 108 Å². The van der Waals surface area contributed by atoms with Crippen LogP contribution >= 0.6 is 0 Å². The van der Waals surface area contributed by atoms with E-state index in [0.29, 0.717) is 17.3 Å². The molecule has 0 bridgehead atoms. The van der Waals surface area contributed by atoms with Crippen molar-refractivity contribution in [1.82, 2.24) is 0 Å². The molecule has 0 aromatic heterocycles. The first-order valence-corrected chi connectivity index (χ1v) is 68.6. The maximum atomic E-state index is 6.59. The van der Waals surface area contributed by atoms with Crippen LogP contribution in [0.2, 0.25) is 245 Å². The van der Waals surface area contributed by atoms with E-state index < -0.39 is 108 Å². The molecule has 0 radical (unpaired) electrons. The Balaban J connectivity index is -0.000000841. The van der Waals surface area contributed by atoms with E-state index in [0.717, 1.165) is 18.0 Å².